The van der Waals surface area contributed by atoms with Gasteiger partial charge in [-0.05, 0) is 41.7 Å². The third-order valence-corrected chi connectivity index (χ3v) is 7.28. The first-order valence-electron chi connectivity index (χ1n) is 8.75. The van der Waals surface area contributed by atoms with Gasteiger partial charge in [0.25, 0.3) is 0 Å². The van der Waals surface area contributed by atoms with Gasteiger partial charge in [0.15, 0.2) is 11.3 Å². The number of aliphatic imine (C=N–C) groups is 1. The molecule has 0 fully saturated rings. The van der Waals surface area contributed by atoms with E-state index < -0.39 is 28.2 Å². The third-order valence-electron chi connectivity index (χ3n) is 6.67. The molecule has 0 radical (unpaired) electrons. The molecule has 0 saturated heterocycles. The summed E-state index contributed by atoms with van der Waals surface area (Å²) >= 11 is 11.7. The zero-order valence-electron chi connectivity index (χ0n) is 15.3. The second-order valence-corrected chi connectivity index (χ2v) is 8.78. The fraction of sp³-hybridized carbons (Fsp3) is 0.381. The van der Waals surface area contributed by atoms with E-state index in [2.05, 4.69) is 22.0 Å². The van der Waals surface area contributed by atoms with Gasteiger partial charge in [-0.2, -0.15) is 0 Å². The Morgan fingerprint density at radius 2 is 2.04 bits per heavy atom. The molecule has 1 heterocycles. The van der Waals surface area contributed by atoms with Crippen LogP contribution in [-0.4, -0.2) is 16.9 Å². The average molecular weight is 399 g/mol. The van der Waals surface area contributed by atoms with Crippen LogP contribution in [0.15, 0.2) is 47.0 Å². The Kier molecular flexibility index (Phi) is 3.71. The van der Waals surface area contributed by atoms with Crippen molar-refractivity contribution < 1.29 is 9.59 Å². The predicted molar refractivity (Wildman–Crippen MR) is 109 cm³/mol. The molecule has 1 aromatic carbocycles. The molecule has 4 atom stereocenters. The van der Waals surface area contributed by atoms with Crippen molar-refractivity contribution >= 4 is 46.4 Å². The molecule has 2 bridgehead atoms. The van der Waals surface area contributed by atoms with Crippen LogP contribution in [0, 0.1) is 16.7 Å². The molecule has 1 N–H and O–H groups in total. The lowest BCUT2D eigenvalue weighted by Gasteiger charge is -2.48. The minimum absolute atomic E-state index is 0.117. The molecule has 1 aliphatic heterocycles. The van der Waals surface area contributed by atoms with Gasteiger partial charge in [0, 0.05) is 16.6 Å². The number of halogens is 1. The van der Waals surface area contributed by atoms with Crippen molar-refractivity contribution in [1.82, 2.24) is 0 Å². The number of benzene rings is 1. The quantitative estimate of drug-likeness (QED) is 0.451. The van der Waals surface area contributed by atoms with Crippen LogP contribution in [0.4, 0.5) is 5.69 Å². The van der Waals surface area contributed by atoms with Gasteiger partial charge >= 0.3 is 0 Å². The molecule has 0 aromatic heterocycles. The summed E-state index contributed by atoms with van der Waals surface area (Å²) in [4.78, 5) is 31.4. The van der Waals surface area contributed by atoms with Gasteiger partial charge in [0.1, 0.15) is 0 Å². The van der Waals surface area contributed by atoms with Crippen molar-refractivity contribution in [3.05, 3.63) is 53.1 Å². The highest BCUT2D eigenvalue weighted by Crippen LogP contribution is 2.64. The van der Waals surface area contributed by atoms with E-state index in [0.717, 1.165) is 5.56 Å². The van der Waals surface area contributed by atoms with Crippen molar-refractivity contribution in [2.75, 3.05) is 5.32 Å². The number of rotatable bonds is 2. The number of hydrogen-bond acceptors (Lipinski definition) is 4. The molecule has 3 aliphatic rings. The molecule has 4 nitrogen and oxygen atoms in total. The molecule has 4 rings (SSSR count). The van der Waals surface area contributed by atoms with Gasteiger partial charge in [-0.25, -0.2) is 4.99 Å². The standard InChI is InChI=1S/C21H19ClN2O2S/c1-5-20(4)14(22)9-12-17(25)21(20,23-10-27)11-7-6-8-13-15(11)16(18(26)24-13)19(12,2)3/h5-9,12,16H,1H2,2-4H3,(H,24,26)/t12-,16-,20-,21?/m1/s1. The summed E-state index contributed by atoms with van der Waals surface area (Å²) in [5.74, 6) is -1.34. The Labute approximate surface area is 168 Å². The Morgan fingerprint density at radius 1 is 1.33 bits per heavy atom. The number of anilines is 1. The monoisotopic (exact) mass is 398 g/mol. The summed E-state index contributed by atoms with van der Waals surface area (Å²) in [7, 11) is 0. The van der Waals surface area contributed by atoms with Gasteiger partial charge in [0.05, 0.1) is 16.5 Å². The van der Waals surface area contributed by atoms with Crippen molar-refractivity contribution in [1.29, 1.82) is 0 Å². The third kappa shape index (κ3) is 1.90. The number of thiocarbonyl (C=S) groups is 1. The van der Waals surface area contributed by atoms with Crippen LogP contribution in [-0.2, 0) is 15.1 Å². The lowest BCUT2D eigenvalue weighted by Crippen LogP contribution is -2.54. The number of amides is 1. The average Bonchev–Trinajstić information content (AvgIpc) is 2.95. The van der Waals surface area contributed by atoms with E-state index in [9.17, 15) is 9.59 Å². The number of nitrogens with zero attached hydrogens (tertiary/aromatic N) is 1. The summed E-state index contributed by atoms with van der Waals surface area (Å²) < 4.78 is 0. The molecule has 0 saturated carbocycles. The van der Waals surface area contributed by atoms with Gasteiger partial charge in [-0.1, -0.05) is 49.7 Å². The molecule has 1 amide bonds. The van der Waals surface area contributed by atoms with Crippen LogP contribution in [0.3, 0.4) is 0 Å². The fourth-order valence-electron chi connectivity index (χ4n) is 5.09. The highest BCUT2D eigenvalue weighted by Gasteiger charge is 2.67. The number of ketones is 1. The number of allylic oxidation sites excluding steroid dienone is 1. The second kappa shape index (κ2) is 5.48. The number of hydrogen-bond donors (Lipinski definition) is 1. The van der Waals surface area contributed by atoms with Crippen LogP contribution in [0.2, 0.25) is 0 Å². The first kappa shape index (κ1) is 18.3. The van der Waals surface area contributed by atoms with Crippen molar-refractivity contribution in [3.63, 3.8) is 0 Å². The Bertz CT molecular complexity index is 1010. The first-order chi connectivity index (χ1) is 12.7. The first-order valence-corrected chi connectivity index (χ1v) is 9.54. The van der Waals surface area contributed by atoms with E-state index in [1.54, 1.807) is 12.2 Å². The van der Waals surface area contributed by atoms with E-state index >= 15 is 0 Å². The van der Waals surface area contributed by atoms with Gasteiger partial charge in [0.2, 0.25) is 5.91 Å². The molecule has 6 heteroatoms. The highest BCUT2D eigenvalue weighted by atomic mass is 35.5. The zero-order chi connectivity index (χ0) is 19.8. The Morgan fingerprint density at radius 3 is 2.67 bits per heavy atom. The maximum absolute atomic E-state index is 14.0. The van der Waals surface area contributed by atoms with E-state index in [4.69, 9.17) is 23.8 Å². The molecule has 1 aromatic rings. The predicted octanol–water partition coefficient (Wildman–Crippen LogP) is 4.57. The molecular formula is C21H19ClN2O2S. The Balaban J connectivity index is 2.27. The van der Waals surface area contributed by atoms with Crippen LogP contribution < -0.4 is 5.32 Å². The lowest BCUT2D eigenvalue weighted by molar-refractivity contribution is -0.134. The van der Waals surface area contributed by atoms with Crippen LogP contribution in [0.1, 0.15) is 37.8 Å². The zero-order valence-corrected chi connectivity index (χ0v) is 16.9. The fourth-order valence-corrected chi connectivity index (χ4v) is 5.56. The molecule has 1 unspecified atom stereocenters. The van der Waals surface area contributed by atoms with Crippen LogP contribution in [0.5, 0.6) is 0 Å². The maximum Gasteiger partial charge on any atom is 0.232 e. The lowest BCUT2D eigenvalue weighted by atomic mass is 9.57. The number of fused-ring (bicyclic) bond motifs is 3. The normalized spacial score (nSPS) is 35.3. The largest absolute Gasteiger partial charge is 0.325 e. The number of carbonyl (C=O) groups is 2. The minimum atomic E-state index is -1.41. The summed E-state index contributed by atoms with van der Waals surface area (Å²) in [5, 5.41) is 5.87. The van der Waals surface area contributed by atoms with Gasteiger partial charge in [-0.3, -0.25) is 9.59 Å². The van der Waals surface area contributed by atoms with Gasteiger partial charge < -0.3 is 5.32 Å². The Hall–Kier alpha value is -2.07. The molecule has 2 aliphatic carbocycles. The van der Waals surface area contributed by atoms with E-state index in [0.29, 0.717) is 16.3 Å². The van der Waals surface area contributed by atoms with Crippen molar-refractivity contribution in [2.24, 2.45) is 21.7 Å². The number of Topliss-reactive ketones (excluding diaryl/α,β-unsaturated/α-hetero) is 1. The molecule has 0 spiro atoms. The SMILES string of the molecule is C=C[C@]1(C)C(Cl)=C[C@@H]2C(=O)C1(N=C=S)c1cccc3c1[C@H](C(=O)N3)C2(C)C. The highest BCUT2D eigenvalue weighted by molar-refractivity contribution is 7.78. The molecule has 27 heavy (non-hydrogen) atoms. The van der Waals surface area contributed by atoms with Crippen molar-refractivity contribution in [2.45, 2.75) is 32.2 Å². The van der Waals surface area contributed by atoms with E-state index in [1.807, 2.05) is 39.0 Å². The minimum Gasteiger partial charge on any atom is -0.325 e. The van der Waals surface area contributed by atoms with E-state index in [-0.39, 0.29) is 11.7 Å². The summed E-state index contributed by atoms with van der Waals surface area (Å²) in [6, 6.07) is 5.51. The number of isothiocyanates is 1. The molecular weight excluding hydrogens is 380 g/mol. The number of carbonyl (C=O) groups excluding carboxylic acids is 2. The van der Waals surface area contributed by atoms with Crippen LogP contribution >= 0.6 is 23.8 Å². The van der Waals surface area contributed by atoms with Crippen molar-refractivity contribution in [3.8, 4) is 0 Å². The number of nitrogens with one attached hydrogen (secondary N) is 1. The summed E-state index contributed by atoms with van der Waals surface area (Å²) in [5.41, 5.74) is -0.947. The topological polar surface area (TPSA) is 58.5 Å². The smallest absolute Gasteiger partial charge is 0.232 e. The molecule has 138 valence electrons. The van der Waals surface area contributed by atoms with Crippen LogP contribution in [0.25, 0.3) is 0 Å². The summed E-state index contributed by atoms with van der Waals surface area (Å²) in [6.07, 6.45) is 3.41. The second-order valence-electron chi connectivity index (χ2n) is 8.19. The van der Waals surface area contributed by atoms with Gasteiger partial charge in [-0.15, -0.1) is 6.58 Å². The van der Waals surface area contributed by atoms with E-state index in [1.165, 1.54) is 0 Å². The maximum atomic E-state index is 14.0. The summed E-state index contributed by atoms with van der Waals surface area (Å²) in [6.45, 7) is 9.64.